The SMILES string of the molecule is COC(=O)c1ccc(CCN2CCC[C@@H](N)C2)cc1. The minimum atomic E-state index is -0.284. The first-order chi connectivity index (χ1) is 9.19. The molecule has 4 nitrogen and oxygen atoms in total. The summed E-state index contributed by atoms with van der Waals surface area (Å²) < 4.78 is 4.68. The summed E-state index contributed by atoms with van der Waals surface area (Å²) in [7, 11) is 1.40. The van der Waals surface area contributed by atoms with Gasteiger partial charge in [0.15, 0.2) is 0 Å². The highest BCUT2D eigenvalue weighted by Crippen LogP contribution is 2.11. The molecule has 0 spiro atoms. The molecule has 0 unspecified atom stereocenters. The molecule has 1 aromatic carbocycles. The second kappa shape index (κ2) is 6.68. The first-order valence-electron chi connectivity index (χ1n) is 6.84. The van der Waals surface area contributed by atoms with Crippen LogP contribution in [0.5, 0.6) is 0 Å². The van der Waals surface area contributed by atoms with Crippen LogP contribution in [0, 0.1) is 0 Å². The summed E-state index contributed by atoms with van der Waals surface area (Å²) in [5, 5.41) is 0. The molecule has 4 heteroatoms. The van der Waals surface area contributed by atoms with Gasteiger partial charge in [0.25, 0.3) is 0 Å². The lowest BCUT2D eigenvalue weighted by atomic mass is 10.0. The molecule has 104 valence electrons. The normalized spacial score (nSPS) is 20.2. The minimum absolute atomic E-state index is 0.284. The van der Waals surface area contributed by atoms with Crippen LogP contribution in [0.2, 0.25) is 0 Å². The smallest absolute Gasteiger partial charge is 0.337 e. The topological polar surface area (TPSA) is 55.6 Å². The monoisotopic (exact) mass is 262 g/mol. The lowest BCUT2D eigenvalue weighted by Crippen LogP contribution is -2.43. The van der Waals surface area contributed by atoms with E-state index in [0.717, 1.165) is 32.5 Å². The molecule has 0 aromatic heterocycles. The molecule has 0 bridgehead atoms. The predicted molar refractivity (Wildman–Crippen MR) is 75.1 cm³/mol. The number of hydrogen-bond acceptors (Lipinski definition) is 4. The van der Waals surface area contributed by atoms with Crippen LogP contribution in [-0.4, -0.2) is 43.7 Å². The average molecular weight is 262 g/mol. The number of likely N-dealkylation sites (tertiary alicyclic amines) is 1. The molecule has 2 N–H and O–H groups in total. The number of methoxy groups -OCH3 is 1. The van der Waals surface area contributed by atoms with Crippen LogP contribution >= 0.6 is 0 Å². The van der Waals surface area contributed by atoms with Crippen LogP contribution in [0.1, 0.15) is 28.8 Å². The van der Waals surface area contributed by atoms with Crippen LogP contribution in [0.4, 0.5) is 0 Å². The molecule has 0 amide bonds. The Kier molecular flexibility index (Phi) is 4.93. The van der Waals surface area contributed by atoms with Gasteiger partial charge in [-0.05, 0) is 43.5 Å². The number of nitrogens with two attached hydrogens (primary N) is 1. The Hall–Kier alpha value is -1.39. The standard InChI is InChI=1S/C15H22N2O2/c1-19-15(18)13-6-4-12(5-7-13)8-10-17-9-2-3-14(16)11-17/h4-7,14H,2-3,8-11,16H2,1H3/t14-/m1/s1. The molecule has 1 fully saturated rings. The number of rotatable bonds is 4. The minimum Gasteiger partial charge on any atom is -0.465 e. The van der Waals surface area contributed by atoms with Gasteiger partial charge in [0.05, 0.1) is 12.7 Å². The fraction of sp³-hybridized carbons (Fsp3) is 0.533. The van der Waals surface area contributed by atoms with Crippen molar-refractivity contribution in [3.05, 3.63) is 35.4 Å². The fourth-order valence-electron chi connectivity index (χ4n) is 2.51. The summed E-state index contributed by atoms with van der Waals surface area (Å²) in [6.07, 6.45) is 3.33. The summed E-state index contributed by atoms with van der Waals surface area (Å²) >= 11 is 0. The van der Waals surface area contributed by atoms with Gasteiger partial charge in [0.2, 0.25) is 0 Å². The molecular formula is C15H22N2O2. The Morgan fingerprint density at radius 2 is 2.16 bits per heavy atom. The van der Waals surface area contributed by atoms with E-state index in [1.807, 2.05) is 24.3 Å². The molecular weight excluding hydrogens is 240 g/mol. The molecule has 1 aromatic rings. The summed E-state index contributed by atoms with van der Waals surface area (Å²) in [4.78, 5) is 13.7. The lowest BCUT2D eigenvalue weighted by Gasteiger charge is -2.30. The lowest BCUT2D eigenvalue weighted by molar-refractivity contribution is 0.0600. The van der Waals surface area contributed by atoms with E-state index in [4.69, 9.17) is 5.73 Å². The van der Waals surface area contributed by atoms with E-state index in [2.05, 4.69) is 9.64 Å². The van der Waals surface area contributed by atoms with E-state index < -0.39 is 0 Å². The van der Waals surface area contributed by atoms with E-state index >= 15 is 0 Å². The van der Waals surface area contributed by atoms with E-state index in [1.165, 1.54) is 19.1 Å². The van der Waals surface area contributed by atoms with E-state index in [0.29, 0.717) is 11.6 Å². The molecule has 1 aliphatic heterocycles. The van der Waals surface area contributed by atoms with Crippen LogP contribution in [0.15, 0.2) is 24.3 Å². The van der Waals surface area contributed by atoms with Crippen molar-refractivity contribution < 1.29 is 9.53 Å². The number of nitrogens with zero attached hydrogens (tertiary/aromatic N) is 1. The molecule has 1 aliphatic rings. The Labute approximate surface area is 114 Å². The number of benzene rings is 1. The van der Waals surface area contributed by atoms with Gasteiger partial charge in [-0.1, -0.05) is 12.1 Å². The zero-order chi connectivity index (χ0) is 13.7. The molecule has 0 radical (unpaired) electrons. The van der Waals surface area contributed by atoms with Crippen LogP contribution in [0.3, 0.4) is 0 Å². The molecule has 0 aliphatic carbocycles. The Bertz CT molecular complexity index is 417. The maximum Gasteiger partial charge on any atom is 0.337 e. The molecule has 2 rings (SSSR count). The van der Waals surface area contributed by atoms with Crippen molar-refractivity contribution >= 4 is 5.97 Å². The van der Waals surface area contributed by atoms with Crippen LogP contribution in [-0.2, 0) is 11.2 Å². The summed E-state index contributed by atoms with van der Waals surface area (Å²) in [5.41, 5.74) is 7.81. The van der Waals surface area contributed by atoms with Crippen molar-refractivity contribution in [2.75, 3.05) is 26.7 Å². The average Bonchev–Trinajstić information content (AvgIpc) is 2.45. The highest BCUT2D eigenvalue weighted by molar-refractivity contribution is 5.89. The third kappa shape index (κ3) is 4.04. The fourth-order valence-corrected chi connectivity index (χ4v) is 2.51. The van der Waals surface area contributed by atoms with Gasteiger partial charge in [0.1, 0.15) is 0 Å². The quantitative estimate of drug-likeness (QED) is 0.834. The largest absolute Gasteiger partial charge is 0.465 e. The van der Waals surface area contributed by atoms with E-state index in [9.17, 15) is 4.79 Å². The van der Waals surface area contributed by atoms with Crippen molar-refractivity contribution in [1.82, 2.24) is 4.90 Å². The van der Waals surface area contributed by atoms with Crippen molar-refractivity contribution in [2.45, 2.75) is 25.3 Å². The van der Waals surface area contributed by atoms with Crippen molar-refractivity contribution in [2.24, 2.45) is 5.73 Å². The van der Waals surface area contributed by atoms with Crippen molar-refractivity contribution in [3.8, 4) is 0 Å². The first-order valence-corrected chi connectivity index (χ1v) is 6.84. The van der Waals surface area contributed by atoms with Gasteiger partial charge in [0, 0.05) is 19.1 Å². The summed E-state index contributed by atoms with van der Waals surface area (Å²) in [5.74, 6) is -0.284. The van der Waals surface area contributed by atoms with E-state index in [-0.39, 0.29) is 5.97 Å². The van der Waals surface area contributed by atoms with Gasteiger partial charge in [-0.3, -0.25) is 0 Å². The van der Waals surface area contributed by atoms with Crippen molar-refractivity contribution in [1.29, 1.82) is 0 Å². The van der Waals surface area contributed by atoms with E-state index in [1.54, 1.807) is 0 Å². The van der Waals surface area contributed by atoms with Gasteiger partial charge in [-0.25, -0.2) is 4.79 Å². The number of hydrogen-bond donors (Lipinski definition) is 1. The van der Waals surface area contributed by atoms with Gasteiger partial charge in [-0.15, -0.1) is 0 Å². The predicted octanol–water partition coefficient (Wildman–Crippen LogP) is 1.44. The summed E-state index contributed by atoms with van der Waals surface area (Å²) in [6, 6.07) is 7.97. The second-order valence-corrected chi connectivity index (χ2v) is 5.14. The van der Waals surface area contributed by atoms with Crippen LogP contribution < -0.4 is 5.73 Å². The number of carbonyl (C=O) groups is 1. The van der Waals surface area contributed by atoms with Crippen LogP contribution in [0.25, 0.3) is 0 Å². The maximum absolute atomic E-state index is 11.3. The molecule has 1 atom stereocenters. The van der Waals surface area contributed by atoms with Gasteiger partial charge >= 0.3 is 5.97 Å². The summed E-state index contributed by atoms with van der Waals surface area (Å²) in [6.45, 7) is 3.18. The third-order valence-corrected chi connectivity index (χ3v) is 3.63. The maximum atomic E-state index is 11.3. The zero-order valence-electron chi connectivity index (χ0n) is 11.5. The number of carbonyl (C=O) groups excluding carboxylic acids is 1. The second-order valence-electron chi connectivity index (χ2n) is 5.14. The Morgan fingerprint density at radius 3 is 2.79 bits per heavy atom. The number of esters is 1. The number of ether oxygens (including phenoxy) is 1. The Morgan fingerprint density at radius 1 is 1.42 bits per heavy atom. The molecule has 0 saturated carbocycles. The first kappa shape index (κ1) is 14.0. The van der Waals surface area contributed by atoms with Crippen molar-refractivity contribution in [3.63, 3.8) is 0 Å². The zero-order valence-corrected chi connectivity index (χ0v) is 11.5. The van der Waals surface area contributed by atoms with Gasteiger partial charge < -0.3 is 15.4 Å². The highest BCUT2D eigenvalue weighted by Gasteiger charge is 2.15. The molecule has 19 heavy (non-hydrogen) atoms. The third-order valence-electron chi connectivity index (χ3n) is 3.63. The molecule has 1 heterocycles. The highest BCUT2D eigenvalue weighted by atomic mass is 16.5. The number of piperidine rings is 1. The van der Waals surface area contributed by atoms with Gasteiger partial charge in [-0.2, -0.15) is 0 Å². The Balaban J connectivity index is 1.84. The molecule has 1 saturated heterocycles.